The molecule has 12 heteroatoms. The van der Waals surface area contributed by atoms with Crippen LogP contribution in [0.4, 0.5) is 9.59 Å². The summed E-state index contributed by atoms with van der Waals surface area (Å²) < 4.78 is 14.8. The molecule has 2 aliphatic carbocycles. The lowest BCUT2D eigenvalue weighted by atomic mass is 9.93. The Hall–Kier alpha value is -5.23. The van der Waals surface area contributed by atoms with Crippen molar-refractivity contribution in [2.24, 2.45) is 10.9 Å². The number of ether oxygens (including phenoxy) is 3. The Morgan fingerprint density at radius 2 is 1.28 bits per heavy atom. The number of alkyl carbamates (subject to hydrolysis) is 2. The minimum atomic E-state index is -0.828. The second kappa shape index (κ2) is 17.5. The molecule has 0 aromatic heterocycles. The quantitative estimate of drug-likeness (QED) is 0.239. The van der Waals surface area contributed by atoms with Crippen LogP contribution in [-0.4, -0.2) is 105 Å². The fourth-order valence-electron chi connectivity index (χ4n) is 9.39. The van der Waals surface area contributed by atoms with Crippen molar-refractivity contribution in [3.8, 4) is 11.1 Å². The van der Waals surface area contributed by atoms with Crippen molar-refractivity contribution in [1.29, 1.82) is 0 Å². The molecule has 2 aromatic rings. The van der Waals surface area contributed by atoms with Crippen LogP contribution in [0.15, 0.2) is 76.4 Å². The van der Waals surface area contributed by atoms with Crippen molar-refractivity contribution >= 4 is 40.9 Å². The number of aliphatic imine (C=N–C) groups is 1. The monoisotopic (exact) mass is 777 g/mol. The predicted molar refractivity (Wildman–Crippen MR) is 219 cm³/mol. The van der Waals surface area contributed by atoms with Gasteiger partial charge in [0.05, 0.1) is 32.9 Å². The summed E-state index contributed by atoms with van der Waals surface area (Å²) in [5, 5.41) is 5.39. The molecule has 12 nitrogen and oxygen atoms in total. The van der Waals surface area contributed by atoms with E-state index >= 15 is 0 Å². The number of nitrogens with zero attached hydrogens (tertiary/aromatic N) is 3. The first-order valence-corrected chi connectivity index (χ1v) is 20.3. The van der Waals surface area contributed by atoms with E-state index < -0.39 is 24.3 Å². The average molecular weight is 778 g/mol. The molecule has 5 aliphatic rings. The molecular weight excluding hydrogens is 723 g/mol. The number of rotatable bonds is 12. The van der Waals surface area contributed by atoms with Crippen molar-refractivity contribution in [2.45, 2.75) is 95.8 Å². The summed E-state index contributed by atoms with van der Waals surface area (Å²) in [6.45, 7) is 5.27. The van der Waals surface area contributed by atoms with Crippen LogP contribution >= 0.6 is 0 Å². The number of benzene rings is 2. The molecule has 302 valence electrons. The lowest BCUT2D eigenvalue weighted by Gasteiger charge is -2.32. The standard InChI is InChI=1S/C45H55N5O7/c1-27(2)41(48-45(54)57-5)43(52)49-21-7-11-39(49)36-24-35(33-9-6-10-34(33)36)31-19-17-29(18-20-31)28-13-15-30(16-14-28)32-23-37(46-25-32)40-12-8-22-50(40)42(51)38(26-55-3)47-44(53)56-4/h13-20,25,27,38-41H,6-12,21-24,26H2,1-5H3,(H,47,53)(H,48,54)/t38-,39-,40-,41-/m0/s1. The van der Waals surface area contributed by atoms with Crippen molar-refractivity contribution in [2.75, 3.05) is 41.0 Å². The Kier molecular flexibility index (Phi) is 12.3. The summed E-state index contributed by atoms with van der Waals surface area (Å²) in [6, 6.07) is 15.9. The molecule has 2 saturated heterocycles. The fourth-order valence-corrected chi connectivity index (χ4v) is 9.39. The number of carbonyl (C=O) groups excluding carboxylic acids is 4. The van der Waals surface area contributed by atoms with Crippen LogP contribution in [0.2, 0.25) is 0 Å². The van der Waals surface area contributed by atoms with Gasteiger partial charge in [-0.3, -0.25) is 14.6 Å². The maximum atomic E-state index is 13.9. The van der Waals surface area contributed by atoms with Gasteiger partial charge < -0.3 is 34.6 Å². The third-order valence-corrected chi connectivity index (χ3v) is 12.3. The van der Waals surface area contributed by atoms with Gasteiger partial charge in [-0.15, -0.1) is 0 Å². The van der Waals surface area contributed by atoms with Gasteiger partial charge in [-0.2, -0.15) is 0 Å². The van der Waals surface area contributed by atoms with E-state index in [0.717, 1.165) is 79.3 Å². The van der Waals surface area contributed by atoms with Crippen molar-refractivity contribution in [3.05, 3.63) is 82.6 Å². The van der Waals surface area contributed by atoms with Gasteiger partial charge >= 0.3 is 12.2 Å². The Morgan fingerprint density at radius 3 is 1.91 bits per heavy atom. The Balaban J connectivity index is 0.990. The van der Waals surface area contributed by atoms with Crippen LogP contribution in [-0.2, 0) is 23.8 Å². The van der Waals surface area contributed by atoms with E-state index in [0.29, 0.717) is 19.5 Å². The predicted octanol–water partition coefficient (Wildman–Crippen LogP) is 6.91. The van der Waals surface area contributed by atoms with E-state index in [2.05, 4.69) is 59.2 Å². The van der Waals surface area contributed by atoms with E-state index in [4.69, 9.17) is 19.2 Å². The zero-order valence-electron chi connectivity index (χ0n) is 33.8. The zero-order chi connectivity index (χ0) is 40.2. The van der Waals surface area contributed by atoms with Gasteiger partial charge in [0.1, 0.15) is 12.1 Å². The summed E-state index contributed by atoms with van der Waals surface area (Å²) in [7, 11) is 4.10. The number of hydrogen-bond donors (Lipinski definition) is 2. The van der Waals surface area contributed by atoms with Gasteiger partial charge in [-0.05, 0) is 107 Å². The number of methoxy groups -OCH3 is 3. The van der Waals surface area contributed by atoms with Crippen LogP contribution in [0.1, 0.15) is 82.8 Å². The van der Waals surface area contributed by atoms with E-state index in [1.807, 2.05) is 29.8 Å². The number of hydrogen-bond acceptors (Lipinski definition) is 8. The highest BCUT2D eigenvalue weighted by molar-refractivity contribution is 6.04. The lowest BCUT2D eigenvalue weighted by Crippen LogP contribution is -2.53. The van der Waals surface area contributed by atoms with Crippen molar-refractivity contribution in [3.63, 3.8) is 0 Å². The summed E-state index contributed by atoms with van der Waals surface area (Å²) in [5.41, 5.74) is 12.3. The molecular formula is C45H55N5O7. The van der Waals surface area contributed by atoms with Crippen LogP contribution in [0.3, 0.4) is 0 Å². The first-order valence-electron chi connectivity index (χ1n) is 20.3. The maximum absolute atomic E-state index is 13.9. The smallest absolute Gasteiger partial charge is 0.407 e. The van der Waals surface area contributed by atoms with E-state index in [9.17, 15) is 19.2 Å². The second-order valence-corrected chi connectivity index (χ2v) is 16.0. The topological polar surface area (TPSA) is 139 Å². The molecule has 0 radical (unpaired) electrons. The molecule has 4 amide bonds. The molecule has 4 atom stereocenters. The minimum Gasteiger partial charge on any atom is -0.453 e. The first-order chi connectivity index (χ1) is 27.6. The van der Waals surface area contributed by atoms with Gasteiger partial charge in [-0.25, -0.2) is 9.59 Å². The summed E-state index contributed by atoms with van der Waals surface area (Å²) >= 11 is 0. The summed E-state index contributed by atoms with van der Waals surface area (Å²) in [5.74, 6) is -0.278. The summed E-state index contributed by atoms with van der Waals surface area (Å²) in [4.78, 5) is 60.0. The largest absolute Gasteiger partial charge is 0.453 e. The molecule has 0 bridgehead atoms. The van der Waals surface area contributed by atoms with Crippen LogP contribution in [0.25, 0.3) is 22.3 Å². The average Bonchev–Trinajstić information content (AvgIpc) is 4.08. The molecule has 0 spiro atoms. The van der Waals surface area contributed by atoms with Crippen LogP contribution in [0, 0.1) is 5.92 Å². The molecule has 1 saturated carbocycles. The maximum Gasteiger partial charge on any atom is 0.407 e. The lowest BCUT2D eigenvalue weighted by molar-refractivity contribution is -0.135. The van der Waals surface area contributed by atoms with Gasteiger partial charge in [-0.1, -0.05) is 62.4 Å². The number of amides is 4. The Labute approximate surface area is 335 Å². The van der Waals surface area contributed by atoms with Crippen LogP contribution in [0.5, 0.6) is 0 Å². The van der Waals surface area contributed by atoms with Gasteiger partial charge in [0.25, 0.3) is 0 Å². The minimum absolute atomic E-state index is 0.0261. The van der Waals surface area contributed by atoms with Gasteiger partial charge in [0.15, 0.2) is 0 Å². The second-order valence-electron chi connectivity index (χ2n) is 16.0. The molecule has 2 N–H and O–H groups in total. The molecule has 57 heavy (non-hydrogen) atoms. The third kappa shape index (κ3) is 8.28. The zero-order valence-corrected chi connectivity index (χ0v) is 33.8. The number of fused-ring (bicyclic) bond motifs is 1. The van der Waals surface area contributed by atoms with Crippen molar-refractivity contribution < 1.29 is 33.4 Å². The first kappa shape index (κ1) is 40.0. The molecule has 0 unspecified atom stereocenters. The molecule has 2 aromatic carbocycles. The van der Waals surface area contributed by atoms with E-state index in [-0.39, 0.29) is 36.4 Å². The SMILES string of the molecule is COC[C@H](NC(=O)OC)C(=O)N1CCC[C@H]1C1=NC=C(c2ccc(-c3ccc(C4=C5CCCC5=C([C@@H]5CCCN5C(=O)[C@@H](NC(=O)OC)C(C)C)C4)cc3)cc2)C1. The van der Waals surface area contributed by atoms with E-state index in [1.54, 1.807) is 0 Å². The van der Waals surface area contributed by atoms with Crippen molar-refractivity contribution in [1.82, 2.24) is 20.4 Å². The van der Waals surface area contributed by atoms with Gasteiger partial charge in [0, 0.05) is 38.5 Å². The Bertz CT molecular complexity index is 2000. The van der Waals surface area contributed by atoms with Crippen LogP contribution < -0.4 is 10.6 Å². The molecule has 3 aliphatic heterocycles. The van der Waals surface area contributed by atoms with E-state index in [1.165, 1.54) is 49.2 Å². The third-order valence-electron chi connectivity index (χ3n) is 12.3. The number of nitrogens with one attached hydrogen (secondary N) is 2. The fraction of sp³-hybridized carbons (Fsp3) is 0.489. The highest BCUT2D eigenvalue weighted by Crippen LogP contribution is 2.50. The highest BCUT2D eigenvalue weighted by Gasteiger charge is 2.41. The number of allylic oxidation sites excluding steroid dienone is 4. The number of likely N-dealkylation sites (tertiary alicyclic amines) is 2. The molecule has 3 fully saturated rings. The highest BCUT2D eigenvalue weighted by atomic mass is 16.5. The normalized spacial score (nSPS) is 21.4. The van der Waals surface area contributed by atoms with Gasteiger partial charge in [0.2, 0.25) is 11.8 Å². The molecule has 3 heterocycles. The molecule has 7 rings (SSSR count). The summed E-state index contributed by atoms with van der Waals surface area (Å²) in [6.07, 6.45) is 9.01. The number of carbonyl (C=O) groups is 4. The Morgan fingerprint density at radius 1 is 0.702 bits per heavy atom.